The summed E-state index contributed by atoms with van der Waals surface area (Å²) in [6.07, 6.45) is -3.15. The number of hydrogen-bond donors (Lipinski definition) is 1. The van der Waals surface area contributed by atoms with E-state index in [1.54, 1.807) is 12.1 Å². The fourth-order valence-electron chi connectivity index (χ4n) is 5.08. The number of halogens is 4. The smallest absolute Gasteiger partial charge is 0.416 e. The zero-order valence-corrected chi connectivity index (χ0v) is 24.2. The molecule has 0 saturated carbocycles. The number of ether oxygens (including phenoxy) is 1. The van der Waals surface area contributed by atoms with Crippen molar-refractivity contribution in [1.29, 1.82) is 0 Å². The fourth-order valence-corrected chi connectivity index (χ4v) is 5.08. The maximum Gasteiger partial charge on any atom is 0.416 e. The zero-order chi connectivity index (χ0) is 32.1. The number of aliphatic carboxylic acids is 1. The molecule has 0 aliphatic carbocycles. The Kier molecular flexibility index (Phi) is 9.17. The monoisotopic (exact) mass is 619 g/mol. The lowest BCUT2D eigenvalue weighted by atomic mass is 9.98. The van der Waals surface area contributed by atoms with Crippen molar-refractivity contribution in [3.8, 4) is 28.3 Å². The van der Waals surface area contributed by atoms with Crippen molar-refractivity contribution in [2.45, 2.75) is 38.8 Å². The third-order valence-corrected chi connectivity index (χ3v) is 7.21. The minimum atomic E-state index is -4.52. The Morgan fingerprint density at radius 1 is 0.889 bits per heavy atom. The van der Waals surface area contributed by atoms with E-state index >= 15 is 0 Å². The van der Waals surface area contributed by atoms with Crippen molar-refractivity contribution < 1.29 is 32.2 Å². The fraction of sp³-hybridized carbons (Fsp3) is 0.206. The quantitative estimate of drug-likeness (QED) is 0.160. The number of carboxylic acids is 1. The number of hydrogen-bond acceptors (Lipinski definition) is 4. The number of alkyl halides is 3. The molecule has 0 amide bonds. The van der Waals surface area contributed by atoms with Crippen LogP contribution in [0.1, 0.15) is 35.9 Å². The van der Waals surface area contributed by atoms with E-state index in [4.69, 9.17) is 4.74 Å². The van der Waals surface area contributed by atoms with E-state index in [9.17, 15) is 32.3 Å². The number of carbonyl (C=O) groups is 1. The molecule has 0 unspecified atom stereocenters. The average molecular weight is 620 g/mol. The molecule has 0 aliphatic heterocycles. The summed E-state index contributed by atoms with van der Waals surface area (Å²) in [5, 5.41) is 13.7. The normalized spacial score (nSPS) is 11.5. The molecule has 45 heavy (non-hydrogen) atoms. The van der Waals surface area contributed by atoms with Gasteiger partial charge in [0.25, 0.3) is 0 Å². The molecule has 1 N–H and O–H groups in total. The molecule has 11 heteroatoms. The Morgan fingerprint density at radius 2 is 1.60 bits per heavy atom. The first-order valence-corrected chi connectivity index (χ1v) is 14.2. The maximum atomic E-state index is 14.1. The van der Waals surface area contributed by atoms with Crippen molar-refractivity contribution in [3.05, 3.63) is 130 Å². The molecule has 5 rings (SSSR count). The third kappa shape index (κ3) is 7.31. The molecule has 0 saturated heterocycles. The molecule has 0 atom stereocenters. The molecule has 1 heterocycles. The lowest BCUT2D eigenvalue weighted by Gasteiger charge is -2.11. The molecule has 5 aromatic rings. The highest BCUT2D eigenvalue weighted by Gasteiger charge is 2.30. The van der Waals surface area contributed by atoms with Gasteiger partial charge in [0, 0.05) is 12.0 Å². The van der Waals surface area contributed by atoms with Crippen LogP contribution in [0, 0.1) is 5.82 Å². The molecule has 0 fully saturated rings. The number of aryl methyl sites for hydroxylation is 2. The van der Waals surface area contributed by atoms with Gasteiger partial charge in [0.1, 0.15) is 17.4 Å². The Morgan fingerprint density at radius 3 is 2.24 bits per heavy atom. The Bertz CT molecular complexity index is 1860. The highest BCUT2D eigenvalue weighted by atomic mass is 19.4. The minimum Gasteiger partial charge on any atom is -0.494 e. The highest BCUT2D eigenvalue weighted by Crippen LogP contribution is 2.30. The van der Waals surface area contributed by atoms with Crippen LogP contribution in [-0.2, 0) is 30.2 Å². The van der Waals surface area contributed by atoms with Gasteiger partial charge in [0.15, 0.2) is 0 Å². The second-order valence-corrected chi connectivity index (χ2v) is 10.3. The van der Waals surface area contributed by atoms with Crippen molar-refractivity contribution in [3.63, 3.8) is 0 Å². The molecule has 4 aromatic carbocycles. The second-order valence-electron chi connectivity index (χ2n) is 10.3. The SMILES string of the molecule is CCOc1ccc(-c2ccc(CCCc3nn(-c4ccc(C(F)(F)F)cc4)c(=O)n3-c3cccc(F)c3)cc2)cc1CC(=O)O. The Hall–Kier alpha value is -5.19. The van der Waals surface area contributed by atoms with Crippen LogP contribution in [0.3, 0.4) is 0 Å². The molecule has 232 valence electrons. The minimum absolute atomic E-state index is 0.154. The van der Waals surface area contributed by atoms with Gasteiger partial charge in [0.2, 0.25) is 0 Å². The summed E-state index contributed by atoms with van der Waals surface area (Å²) in [5.41, 5.74) is 2.30. The maximum absolute atomic E-state index is 14.1. The standard InChI is InChI=1S/C34H29F4N3O4/c1-2-45-30-18-13-24(19-25(30)20-32(42)43)23-11-9-22(10-12-23)5-3-8-31-39-41(28-16-14-26(15-17-28)34(36,37)38)33(44)40(31)29-7-4-6-27(35)21-29/h4,6-7,9-19,21H,2-3,5,8,20H2,1H3,(H,42,43). The molecule has 1 aromatic heterocycles. The third-order valence-electron chi connectivity index (χ3n) is 7.21. The van der Waals surface area contributed by atoms with Crippen LogP contribution in [-0.4, -0.2) is 32.0 Å². The van der Waals surface area contributed by atoms with Crippen LogP contribution < -0.4 is 10.4 Å². The predicted molar refractivity (Wildman–Crippen MR) is 161 cm³/mol. The van der Waals surface area contributed by atoms with E-state index < -0.39 is 29.2 Å². The summed E-state index contributed by atoms with van der Waals surface area (Å²) in [7, 11) is 0. The lowest BCUT2D eigenvalue weighted by Crippen LogP contribution is -2.23. The first kappa shape index (κ1) is 31.2. The van der Waals surface area contributed by atoms with Crippen LogP contribution in [0.15, 0.2) is 95.8 Å². The van der Waals surface area contributed by atoms with Gasteiger partial charge in [-0.2, -0.15) is 17.9 Å². The largest absolute Gasteiger partial charge is 0.494 e. The van der Waals surface area contributed by atoms with Gasteiger partial charge in [-0.3, -0.25) is 4.79 Å². The highest BCUT2D eigenvalue weighted by molar-refractivity contribution is 5.74. The number of benzene rings is 4. The van der Waals surface area contributed by atoms with Gasteiger partial charge < -0.3 is 9.84 Å². The molecule has 7 nitrogen and oxygen atoms in total. The Labute approximate surface area is 256 Å². The summed E-state index contributed by atoms with van der Waals surface area (Å²) < 4.78 is 61.1. The van der Waals surface area contributed by atoms with Crippen LogP contribution in [0.4, 0.5) is 17.6 Å². The lowest BCUT2D eigenvalue weighted by molar-refractivity contribution is -0.138. The van der Waals surface area contributed by atoms with Crippen LogP contribution in [0.2, 0.25) is 0 Å². The second kappa shape index (κ2) is 13.2. The average Bonchev–Trinajstić information content (AvgIpc) is 3.33. The van der Waals surface area contributed by atoms with E-state index in [1.807, 2.05) is 43.3 Å². The first-order chi connectivity index (χ1) is 21.5. The molecular formula is C34H29F4N3O4. The van der Waals surface area contributed by atoms with E-state index in [0.717, 1.165) is 33.5 Å². The molecule has 0 spiro atoms. The Balaban J connectivity index is 1.35. The molecule has 0 aliphatic rings. The van der Waals surface area contributed by atoms with Crippen molar-refractivity contribution in [2.24, 2.45) is 0 Å². The van der Waals surface area contributed by atoms with E-state index in [0.29, 0.717) is 43.0 Å². The topological polar surface area (TPSA) is 86.4 Å². The number of nitrogens with zero attached hydrogens (tertiary/aromatic N) is 3. The van der Waals surface area contributed by atoms with Gasteiger partial charge >= 0.3 is 17.8 Å². The summed E-state index contributed by atoms with van der Waals surface area (Å²) in [4.78, 5) is 24.7. The van der Waals surface area contributed by atoms with E-state index in [1.165, 1.54) is 34.9 Å². The van der Waals surface area contributed by atoms with Crippen LogP contribution >= 0.6 is 0 Å². The van der Waals surface area contributed by atoms with Gasteiger partial charge in [-0.25, -0.2) is 13.8 Å². The zero-order valence-electron chi connectivity index (χ0n) is 24.2. The number of carboxylic acid groups (broad SMARTS) is 1. The molecule has 0 bridgehead atoms. The van der Waals surface area contributed by atoms with E-state index in [-0.39, 0.29) is 17.8 Å². The van der Waals surface area contributed by atoms with Gasteiger partial charge in [-0.15, -0.1) is 5.10 Å². The molecule has 0 radical (unpaired) electrons. The van der Waals surface area contributed by atoms with Gasteiger partial charge in [0.05, 0.1) is 30.0 Å². The van der Waals surface area contributed by atoms with Crippen molar-refractivity contribution in [2.75, 3.05) is 6.61 Å². The van der Waals surface area contributed by atoms with Crippen LogP contribution in [0.25, 0.3) is 22.5 Å². The molecular weight excluding hydrogens is 590 g/mol. The summed E-state index contributed by atoms with van der Waals surface area (Å²) in [5.74, 6) is -0.619. The number of rotatable bonds is 11. The summed E-state index contributed by atoms with van der Waals surface area (Å²) in [6.45, 7) is 2.26. The first-order valence-electron chi connectivity index (χ1n) is 14.2. The van der Waals surface area contributed by atoms with Gasteiger partial charge in [-0.1, -0.05) is 36.4 Å². The summed E-state index contributed by atoms with van der Waals surface area (Å²) >= 11 is 0. The van der Waals surface area contributed by atoms with Crippen LogP contribution in [0.5, 0.6) is 5.75 Å². The number of aromatic nitrogens is 3. The predicted octanol–water partition coefficient (Wildman–Crippen LogP) is 7.05. The van der Waals surface area contributed by atoms with Crippen molar-refractivity contribution in [1.82, 2.24) is 14.3 Å². The van der Waals surface area contributed by atoms with Crippen molar-refractivity contribution >= 4 is 5.97 Å². The summed E-state index contributed by atoms with van der Waals surface area (Å²) in [6, 6.07) is 22.9. The van der Waals surface area contributed by atoms with Gasteiger partial charge in [-0.05, 0) is 91.1 Å². The van der Waals surface area contributed by atoms with E-state index in [2.05, 4.69) is 5.10 Å².